The van der Waals surface area contributed by atoms with Crippen LogP contribution < -0.4 is 5.32 Å². The molecule has 0 spiro atoms. The van der Waals surface area contributed by atoms with Crippen LogP contribution in [0.2, 0.25) is 0 Å². The molecule has 6 nitrogen and oxygen atoms in total. The number of aromatic carboxylic acids is 1. The van der Waals surface area contributed by atoms with Crippen molar-refractivity contribution in [3.8, 4) is 0 Å². The number of amides is 1. The third kappa shape index (κ3) is 5.00. The first-order chi connectivity index (χ1) is 11.0. The van der Waals surface area contributed by atoms with Gasteiger partial charge in [-0.3, -0.25) is 9.59 Å². The summed E-state index contributed by atoms with van der Waals surface area (Å²) < 4.78 is 5.10. The number of hydrogen-bond acceptors (Lipinski definition) is 5. The van der Waals surface area contributed by atoms with Crippen LogP contribution in [0.15, 0.2) is 40.8 Å². The van der Waals surface area contributed by atoms with Gasteiger partial charge in [-0.25, -0.2) is 4.79 Å². The Kier molecular flexibility index (Phi) is 5.59. The van der Waals surface area contributed by atoms with Crippen molar-refractivity contribution in [3.05, 3.63) is 53.5 Å². The van der Waals surface area contributed by atoms with Crippen LogP contribution in [0.4, 0.5) is 5.69 Å². The van der Waals surface area contributed by atoms with Crippen molar-refractivity contribution < 1.29 is 23.9 Å². The van der Waals surface area contributed by atoms with Crippen LogP contribution in [0.3, 0.4) is 0 Å². The lowest BCUT2D eigenvalue weighted by molar-refractivity contribution is -0.113. The summed E-state index contributed by atoms with van der Waals surface area (Å²) in [7, 11) is 0. The fourth-order valence-electron chi connectivity index (χ4n) is 1.80. The van der Waals surface area contributed by atoms with Crippen molar-refractivity contribution in [1.82, 2.24) is 0 Å². The number of furan rings is 1. The SMILES string of the molecule is CC(=O)c1ccc(NC(=O)CSCc2ccc(C(=O)O)o2)cc1. The van der Waals surface area contributed by atoms with Crippen LogP contribution in [-0.2, 0) is 10.5 Å². The van der Waals surface area contributed by atoms with Crippen molar-refractivity contribution in [2.75, 3.05) is 11.1 Å². The van der Waals surface area contributed by atoms with E-state index in [1.54, 1.807) is 30.3 Å². The van der Waals surface area contributed by atoms with Gasteiger partial charge < -0.3 is 14.8 Å². The zero-order valence-corrected chi connectivity index (χ0v) is 13.2. The average molecular weight is 333 g/mol. The molecule has 1 aromatic carbocycles. The second-order valence-corrected chi connectivity index (χ2v) is 5.73. The maximum Gasteiger partial charge on any atom is 0.371 e. The number of anilines is 1. The summed E-state index contributed by atoms with van der Waals surface area (Å²) in [5.41, 5.74) is 1.20. The quantitative estimate of drug-likeness (QED) is 0.756. The maximum absolute atomic E-state index is 11.8. The Balaban J connectivity index is 1.78. The van der Waals surface area contributed by atoms with Crippen molar-refractivity contribution >= 4 is 35.1 Å². The molecule has 7 heteroatoms. The van der Waals surface area contributed by atoms with E-state index in [0.29, 0.717) is 22.8 Å². The van der Waals surface area contributed by atoms with Crippen LogP contribution >= 0.6 is 11.8 Å². The van der Waals surface area contributed by atoms with Gasteiger partial charge in [0.25, 0.3) is 0 Å². The molecule has 23 heavy (non-hydrogen) atoms. The lowest BCUT2D eigenvalue weighted by atomic mass is 10.1. The van der Waals surface area contributed by atoms with E-state index in [9.17, 15) is 14.4 Å². The van der Waals surface area contributed by atoms with E-state index < -0.39 is 5.97 Å². The topological polar surface area (TPSA) is 96.6 Å². The lowest BCUT2D eigenvalue weighted by Crippen LogP contribution is -2.14. The lowest BCUT2D eigenvalue weighted by Gasteiger charge is -2.05. The zero-order chi connectivity index (χ0) is 16.8. The summed E-state index contributed by atoms with van der Waals surface area (Å²) in [6.07, 6.45) is 0. The van der Waals surface area contributed by atoms with Crippen molar-refractivity contribution in [2.45, 2.75) is 12.7 Å². The molecular formula is C16H15NO5S. The number of carbonyl (C=O) groups excluding carboxylic acids is 2. The van der Waals surface area contributed by atoms with Crippen LogP contribution in [-0.4, -0.2) is 28.5 Å². The number of Topliss-reactive ketones (excluding diaryl/α,β-unsaturated/α-hetero) is 1. The fourth-order valence-corrected chi connectivity index (χ4v) is 2.52. The summed E-state index contributed by atoms with van der Waals surface area (Å²) >= 11 is 1.31. The third-order valence-corrected chi connectivity index (χ3v) is 3.88. The molecule has 0 radical (unpaired) electrons. The zero-order valence-electron chi connectivity index (χ0n) is 12.4. The highest BCUT2D eigenvalue weighted by Gasteiger charge is 2.10. The number of nitrogens with one attached hydrogen (secondary N) is 1. The summed E-state index contributed by atoms with van der Waals surface area (Å²) in [4.78, 5) is 33.7. The molecule has 0 saturated heterocycles. The average Bonchev–Trinajstić information content (AvgIpc) is 2.97. The van der Waals surface area contributed by atoms with Gasteiger partial charge in [0.1, 0.15) is 5.76 Å². The second-order valence-electron chi connectivity index (χ2n) is 4.75. The van der Waals surface area contributed by atoms with Gasteiger partial charge in [-0.2, -0.15) is 0 Å². The van der Waals surface area contributed by atoms with Gasteiger partial charge in [-0.15, -0.1) is 11.8 Å². The third-order valence-electron chi connectivity index (χ3n) is 2.93. The van der Waals surface area contributed by atoms with Crippen LogP contribution in [0.25, 0.3) is 0 Å². The highest BCUT2D eigenvalue weighted by Crippen LogP contribution is 2.16. The number of benzene rings is 1. The molecule has 0 unspecified atom stereocenters. The van der Waals surface area contributed by atoms with E-state index in [0.717, 1.165) is 0 Å². The summed E-state index contributed by atoms with van der Waals surface area (Å²) in [6, 6.07) is 9.61. The Morgan fingerprint density at radius 2 is 1.83 bits per heavy atom. The van der Waals surface area contributed by atoms with Gasteiger partial charge in [0, 0.05) is 11.3 Å². The molecule has 0 atom stereocenters. The van der Waals surface area contributed by atoms with E-state index in [2.05, 4.69) is 5.32 Å². The van der Waals surface area contributed by atoms with Crippen LogP contribution in [0.5, 0.6) is 0 Å². The highest BCUT2D eigenvalue weighted by atomic mass is 32.2. The molecule has 2 N–H and O–H groups in total. The van der Waals surface area contributed by atoms with Crippen molar-refractivity contribution in [2.24, 2.45) is 0 Å². The normalized spacial score (nSPS) is 10.3. The number of rotatable bonds is 7. The second kappa shape index (κ2) is 7.64. The molecule has 1 heterocycles. The largest absolute Gasteiger partial charge is 0.475 e. The predicted octanol–water partition coefficient (Wildman–Crippen LogP) is 3.05. The van der Waals surface area contributed by atoms with E-state index in [1.165, 1.54) is 24.8 Å². The summed E-state index contributed by atoms with van der Waals surface area (Å²) in [6.45, 7) is 1.48. The summed E-state index contributed by atoms with van der Waals surface area (Å²) in [5.74, 6) is -0.329. The molecule has 0 saturated carbocycles. The molecule has 0 aliphatic heterocycles. The molecule has 2 rings (SSSR count). The Hall–Kier alpha value is -2.54. The number of carbonyl (C=O) groups is 3. The standard InChI is InChI=1S/C16H15NO5S/c1-10(18)11-2-4-12(5-3-11)17-15(19)9-23-8-13-6-7-14(22-13)16(20)21/h2-7H,8-9H2,1H3,(H,17,19)(H,20,21). The van der Waals surface area contributed by atoms with Crippen molar-refractivity contribution in [3.63, 3.8) is 0 Å². The first kappa shape index (κ1) is 16.8. The minimum absolute atomic E-state index is 0.0300. The number of thioether (sulfide) groups is 1. The minimum atomic E-state index is -1.12. The minimum Gasteiger partial charge on any atom is -0.475 e. The maximum atomic E-state index is 11.8. The highest BCUT2D eigenvalue weighted by molar-refractivity contribution is 7.99. The number of ketones is 1. The molecule has 120 valence electrons. The smallest absolute Gasteiger partial charge is 0.371 e. The van der Waals surface area contributed by atoms with Gasteiger partial charge >= 0.3 is 5.97 Å². The molecule has 0 aliphatic rings. The van der Waals surface area contributed by atoms with Gasteiger partial charge in [-0.05, 0) is 43.3 Å². The molecular weight excluding hydrogens is 318 g/mol. The van der Waals surface area contributed by atoms with Crippen molar-refractivity contribution in [1.29, 1.82) is 0 Å². The molecule has 0 bridgehead atoms. The fraction of sp³-hybridized carbons (Fsp3) is 0.188. The monoisotopic (exact) mass is 333 g/mol. The number of hydrogen-bond donors (Lipinski definition) is 2. The summed E-state index contributed by atoms with van der Waals surface area (Å²) in [5, 5.41) is 11.5. The molecule has 2 aromatic rings. The van der Waals surface area contributed by atoms with Gasteiger partial charge in [0.2, 0.25) is 11.7 Å². The van der Waals surface area contributed by atoms with Crippen LogP contribution in [0.1, 0.15) is 33.6 Å². The molecule has 0 aliphatic carbocycles. The van der Waals surface area contributed by atoms with E-state index >= 15 is 0 Å². The van der Waals surface area contributed by atoms with Gasteiger partial charge in [0.05, 0.1) is 11.5 Å². The van der Waals surface area contributed by atoms with E-state index in [4.69, 9.17) is 9.52 Å². The molecule has 1 aromatic heterocycles. The van der Waals surface area contributed by atoms with E-state index in [1.807, 2.05) is 0 Å². The molecule has 1 amide bonds. The van der Waals surface area contributed by atoms with E-state index in [-0.39, 0.29) is 23.2 Å². The Bertz CT molecular complexity index is 720. The van der Waals surface area contributed by atoms with Gasteiger partial charge in [-0.1, -0.05) is 0 Å². The Morgan fingerprint density at radius 1 is 1.13 bits per heavy atom. The Labute approximate surface area is 136 Å². The molecule has 0 fully saturated rings. The number of carboxylic acids is 1. The van der Waals surface area contributed by atoms with Gasteiger partial charge in [0.15, 0.2) is 5.78 Å². The first-order valence-electron chi connectivity index (χ1n) is 6.76. The number of carboxylic acid groups (broad SMARTS) is 1. The predicted molar refractivity (Wildman–Crippen MR) is 86.9 cm³/mol. The Morgan fingerprint density at radius 3 is 2.39 bits per heavy atom. The van der Waals surface area contributed by atoms with Crippen LogP contribution in [0, 0.1) is 0 Å². The first-order valence-corrected chi connectivity index (χ1v) is 7.92.